The molecule has 0 aliphatic heterocycles. The number of aliphatic carboxylic acids is 1. The lowest BCUT2D eigenvalue weighted by Gasteiger charge is -2.23. The molecule has 154 valence electrons. The molecule has 0 fully saturated rings. The maximum absolute atomic E-state index is 12.5. The molecule has 0 heterocycles. The van der Waals surface area contributed by atoms with Crippen LogP contribution in [0.25, 0.3) is 0 Å². The Labute approximate surface area is 162 Å². The fourth-order valence-corrected chi connectivity index (χ4v) is 2.32. The lowest BCUT2D eigenvalue weighted by Crippen LogP contribution is -2.56. The number of phenolic OH excluding ortho intramolecular Hbond substituents is 1. The molecular weight excluding hydrogens is 368 g/mol. The number of primary amides is 1. The highest BCUT2D eigenvalue weighted by Gasteiger charge is 2.29. The summed E-state index contributed by atoms with van der Waals surface area (Å²) in [5.41, 5.74) is 11.4. The third kappa shape index (κ3) is 7.23. The van der Waals surface area contributed by atoms with E-state index in [1.165, 1.54) is 24.3 Å². The van der Waals surface area contributed by atoms with E-state index in [0.717, 1.165) is 0 Å². The largest absolute Gasteiger partial charge is 0.508 e. The van der Waals surface area contributed by atoms with E-state index in [1.807, 2.05) is 0 Å². The van der Waals surface area contributed by atoms with Crippen LogP contribution in [0.4, 0.5) is 0 Å². The zero-order valence-electron chi connectivity index (χ0n) is 15.7. The fourth-order valence-electron chi connectivity index (χ4n) is 2.32. The van der Waals surface area contributed by atoms with Crippen molar-refractivity contribution in [2.75, 3.05) is 0 Å². The highest BCUT2D eigenvalue weighted by molar-refractivity contribution is 5.94. The molecular formula is C18H26N4O6. The lowest BCUT2D eigenvalue weighted by molar-refractivity contribution is -0.142. The minimum Gasteiger partial charge on any atom is -0.508 e. The van der Waals surface area contributed by atoms with Gasteiger partial charge in [0.05, 0.1) is 12.5 Å². The number of aromatic hydroxyl groups is 1. The van der Waals surface area contributed by atoms with Crippen molar-refractivity contribution in [3.8, 4) is 5.75 Å². The minimum atomic E-state index is -1.35. The standard InChI is InChI=1S/C18H26N4O6/c1-9(2)15(20)17(26)21-12(8-14(19)24)16(25)22-13(18(27)28)7-10-3-5-11(23)6-4-10/h3-6,9,12-13,15,23H,7-8,20H2,1-2H3,(H2,19,24)(H,21,26)(H,22,25)(H,27,28)/t12-,13-,15-/m0/s1. The smallest absolute Gasteiger partial charge is 0.326 e. The van der Waals surface area contributed by atoms with Gasteiger partial charge in [0.25, 0.3) is 0 Å². The second-order valence-electron chi connectivity index (χ2n) is 6.77. The molecule has 0 unspecified atom stereocenters. The van der Waals surface area contributed by atoms with Gasteiger partial charge in [0.15, 0.2) is 0 Å². The van der Waals surface area contributed by atoms with Crippen molar-refractivity contribution in [1.82, 2.24) is 10.6 Å². The second-order valence-corrected chi connectivity index (χ2v) is 6.77. The first kappa shape index (κ1) is 22.9. The van der Waals surface area contributed by atoms with Gasteiger partial charge in [0.1, 0.15) is 17.8 Å². The average Bonchev–Trinajstić information content (AvgIpc) is 2.60. The van der Waals surface area contributed by atoms with Crippen LogP contribution in [0.5, 0.6) is 5.75 Å². The van der Waals surface area contributed by atoms with Gasteiger partial charge in [0.2, 0.25) is 17.7 Å². The molecule has 10 nitrogen and oxygen atoms in total. The van der Waals surface area contributed by atoms with Crippen LogP contribution in [0.1, 0.15) is 25.8 Å². The third-order valence-electron chi connectivity index (χ3n) is 4.05. The number of carboxylic acid groups (broad SMARTS) is 1. The highest BCUT2D eigenvalue weighted by Crippen LogP contribution is 2.12. The van der Waals surface area contributed by atoms with Gasteiger partial charge in [-0.15, -0.1) is 0 Å². The highest BCUT2D eigenvalue weighted by atomic mass is 16.4. The lowest BCUT2D eigenvalue weighted by atomic mass is 10.0. The average molecular weight is 394 g/mol. The van der Waals surface area contributed by atoms with Crippen LogP contribution in [0, 0.1) is 5.92 Å². The third-order valence-corrected chi connectivity index (χ3v) is 4.05. The number of carboxylic acids is 1. The van der Waals surface area contributed by atoms with Crippen LogP contribution >= 0.6 is 0 Å². The Bertz CT molecular complexity index is 719. The fraction of sp³-hybridized carbons (Fsp3) is 0.444. The summed E-state index contributed by atoms with van der Waals surface area (Å²) in [4.78, 5) is 47.4. The molecule has 0 radical (unpaired) electrons. The van der Waals surface area contributed by atoms with Crippen molar-refractivity contribution in [2.24, 2.45) is 17.4 Å². The normalized spacial score (nSPS) is 14.0. The Kier molecular flexibility index (Phi) is 8.39. The van der Waals surface area contributed by atoms with Crippen molar-refractivity contribution in [3.05, 3.63) is 29.8 Å². The molecule has 1 aromatic rings. The van der Waals surface area contributed by atoms with E-state index in [4.69, 9.17) is 11.5 Å². The number of rotatable bonds is 10. The quantitative estimate of drug-likeness (QED) is 0.289. The molecule has 1 aromatic carbocycles. The van der Waals surface area contributed by atoms with Crippen molar-refractivity contribution in [3.63, 3.8) is 0 Å². The van der Waals surface area contributed by atoms with Gasteiger partial charge in [-0.1, -0.05) is 26.0 Å². The summed E-state index contributed by atoms with van der Waals surface area (Å²) in [6.45, 7) is 3.43. The van der Waals surface area contributed by atoms with Crippen LogP contribution in [0.2, 0.25) is 0 Å². The molecule has 0 aromatic heterocycles. The van der Waals surface area contributed by atoms with E-state index in [-0.39, 0.29) is 18.1 Å². The Morgan fingerprint density at radius 1 is 1.00 bits per heavy atom. The number of hydrogen-bond acceptors (Lipinski definition) is 6. The van der Waals surface area contributed by atoms with Crippen LogP contribution in [0.15, 0.2) is 24.3 Å². The predicted molar refractivity (Wildman–Crippen MR) is 99.9 cm³/mol. The van der Waals surface area contributed by atoms with E-state index in [1.54, 1.807) is 13.8 Å². The van der Waals surface area contributed by atoms with E-state index in [2.05, 4.69) is 10.6 Å². The molecule has 8 N–H and O–H groups in total. The number of nitrogens with two attached hydrogens (primary N) is 2. The summed E-state index contributed by atoms with van der Waals surface area (Å²) >= 11 is 0. The second kappa shape index (κ2) is 10.3. The Morgan fingerprint density at radius 2 is 1.54 bits per heavy atom. The zero-order valence-corrected chi connectivity index (χ0v) is 15.7. The van der Waals surface area contributed by atoms with Crippen LogP contribution < -0.4 is 22.1 Å². The molecule has 3 atom stereocenters. The Morgan fingerprint density at radius 3 is 2.00 bits per heavy atom. The molecule has 0 saturated heterocycles. The number of benzene rings is 1. The van der Waals surface area contributed by atoms with Gasteiger partial charge in [-0.05, 0) is 23.6 Å². The van der Waals surface area contributed by atoms with E-state index < -0.39 is 48.2 Å². The molecule has 10 heteroatoms. The van der Waals surface area contributed by atoms with E-state index in [9.17, 15) is 29.4 Å². The minimum absolute atomic E-state index is 0.0189. The van der Waals surface area contributed by atoms with Crippen LogP contribution in [0.3, 0.4) is 0 Å². The number of hydrogen-bond donors (Lipinski definition) is 6. The van der Waals surface area contributed by atoms with Gasteiger partial charge < -0.3 is 32.3 Å². The summed E-state index contributed by atoms with van der Waals surface area (Å²) < 4.78 is 0. The van der Waals surface area contributed by atoms with Crippen LogP contribution in [-0.2, 0) is 25.6 Å². The number of carbonyl (C=O) groups excluding carboxylic acids is 3. The SMILES string of the molecule is CC(C)[C@H](N)C(=O)N[C@@H](CC(N)=O)C(=O)N[C@@H](Cc1ccc(O)cc1)C(=O)O. The monoisotopic (exact) mass is 394 g/mol. The summed E-state index contributed by atoms with van der Waals surface area (Å²) in [6, 6.07) is 2.23. The number of phenols is 1. The number of nitrogens with one attached hydrogen (secondary N) is 2. The van der Waals surface area contributed by atoms with Gasteiger partial charge >= 0.3 is 5.97 Å². The topological polar surface area (TPSA) is 185 Å². The molecule has 0 aliphatic rings. The zero-order chi connectivity index (χ0) is 21.4. The summed E-state index contributed by atoms with van der Waals surface area (Å²) in [6.07, 6.45) is -0.571. The first-order valence-electron chi connectivity index (χ1n) is 8.66. The first-order valence-corrected chi connectivity index (χ1v) is 8.66. The maximum Gasteiger partial charge on any atom is 0.326 e. The van der Waals surface area contributed by atoms with Gasteiger partial charge in [-0.25, -0.2) is 4.79 Å². The van der Waals surface area contributed by atoms with Gasteiger partial charge in [-0.2, -0.15) is 0 Å². The van der Waals surface area contributed by atoms with Gasteiger partial charge in [-0.3, -0.25) is 14.4 Å². The summed E-state index contributed by atoms with van der Waals surface area (Å²) in [5, 5.41) is 23.3. The van der Waals surface area contributed by atoms with E-state index >= 15 is 0 Å². The molecule has 0 bridgehead atoms. The molecule has 0 saturated carbocycles. The molecule has 28 heavy (non-hydrogen) atoms. The van der Waals surface area contributed by atoms with E-state index in [0.29, 0.717) is 5.56 Å². The number of carbonyl (C=O) groups is 4. The van der Waals surface area contributed by atoms with Crippen LogP contribution in [-0.4, -0.2) is 52.0 Å². The molecule has 0 spiro atoms. The predicted octanol–water partition coefficient (Wildman–Crippen LogP) is -1.15. The maximum atomic E-state index is 12.5. The Balaban J connectivity index is 2.89. The summed E-state index contributed by atoms with van der Waals surface area (Å²) in [7, 11) is 0. The van der Waals surface area contributed by atoms with Crippen molar-refractivity contribution >= 4 is 23.7 Å². The summed E-state index contributed by atoms with van der Waals surface area (Å²) in [5.74, 6) is -3.85. The molecule has 0 aliphatic carbocycles. The van der Waals surface area contributed by atoms with Crippen molar-refractivity contribution < 1.29 is 29.4 Å². The number of amides is 3. The van der Waals surface area contributed by atoms with Gasteiger partial charge in [0, 0.05) is 6.42 Å². The van der Waals surface area contributed by atoms with Crippen molar-refractivity contribution in [1.29, 1.82) is 0 Å². The molecule has 3 amide bonds. The first-order chi connectivity index (χ1) is 13.0. The molecule has 1 rings (SSSR count). The Hall–Kier alpha value is -3.14. The van der Waals surface area contributed by atoms with Crippen molar-refractivity contribution in [2.45, 2.75) is 44.8 Å².